The number of hydrogen-bond donors (Lipinski definition) is 1. The van der Waals surface area contributed by atoms with Crippen molar-refractivity contribution in [3.05, 3.63) is 29.3 Å². The van der Waals surface area contributed by atoms with Gasteiger partial charge in [0, 0.05) is 24.2 Å². The van der Waals surface area contributed by atoms with Gasteiger partial charge in [0.1, 0.15) is 0 Å². The molecule has 1 atom stereocenters. The first-order chi connectivity index (χ1) is 9.65. The molecule has 4 heteroatoms. The van der Waals surface area contributed by atoms with Crippen LogP contribution in [-0.2, 0) is 9.59 Å². The summed E-state index contributed by atoms with van der Waals surface area (Å²) in [5, 5.41) is 2.96. The Hall–Kier alpha value is -1.84. The van der Waals surface area contributed by atoms with E-state index in [1.54, 1.807) is 4.90 Å². The number of nitrogens with zero attached hydrogens (tertiary/aromatic N) is 1. The Bertz CT molecular complexity index is 552. The summed E-state index contributed by atoms with van der Waals surface area (Å²) < 4.78 is 0. The molecule has 1 N–H and O–H groups in total. The average Bonchev–Trinajstić information content (AvgIpc) is 2.68. The van der Waals surface area contributed by atoms with Gasteiger partial charge in [0.05, 0.1) is 5.92 Å². The Morgan fingerprint density at radius 2 is 1.76 bits per heavy atom. The predicted molar refractivity (Wildman–Crippen MR) is 84.3 cm³/mol. The summed E-state index contributed by atoms with van der Waals surface area (Å²) in [6.07, 6.45) is 0.287. The number of carbonyl (C=O) groups is 2. The van der Waals surface area contributed by atoms with Gasteiger partial charge in [0.2, 0.25) is 11.8 Å². The second kappa shape index (κ2) is 5.51. The van der Waals surface area contributed by atoms with Crippen LogP contribution in [0.4, 0.5) is 5.69 Å². The summed E-state index contributed by atoms with van der Waals surface area (Å²) in [4.78, 5) is 26.2. The maximum absolute atomic E-state index is 12.2. The summed E-state index contributed by atoms with van der Waals surface area (Å²) in [6, 6.07) is 6.07. The quantitative estimate of drug-likeness (QED) is 0.909. The smallest absolute Gasteiger partial charge is 0.227 e. The van der Waals surface area contributed by atoms with Crippen LogP contribution >= 0.6 is 0 Å². The van der Waals surface area contributed by atoms with Crippen LogP contribution in [-0.4, -0.2) is 23.9 Å². The molecule has 2 amide bonds. The van der Waals surface area contributed by atoms with E-state index in [-0.39, 0.29) is 29.7 Å². The highest BCUT2D eigenvalue weighted by molar-refractivity contribution is 6.00. The van der Waals surface area contributed by atoms with E-state index >= 15 is 0 Å². The maximum atomic E-state index is 12.2. The lowest BCUT2D eigenvalue weighted by molar-refractivity contribution is -0.127. The van der Waals surface area contributed by atoms with Crippen molar-refractivity contribution in [2.24, 2.45) is 5.92 Å². The number of anilines is 1. The SMILES string of the molecule is Cc1cc(C)cc(N2C[C@@H](C(=O)NC(C)(C)C)CC2=O)c1. The van der Waals surface area contributed by atoms with Gasteiger partial charge < -0.3 is 10.2 Å². The molecule has 1 saturated heterocycles. The molecule has 0 aromatic heterocycles. The molecule has 1 aromatic carbocycles. The topological polar surface area (TPSA) is 49.4 Å². The van der Waals surface area contributed by atoms with E-state index in [9.17, 15) is 9.59 Å². The Kier molecular flexibility index (Phi) is 4.08. The van der Waals surface area contributed by atoms with Crippen molar-refractivity contribution in [2.75, 3.05) is 11.4 Å². The van der Waals surface area contributed by atoms with Crippen molar-refractivity contribution in [2.45, 2.75) is 46.6 Å². The Morgan fingerprint density at radius 1 is 1.19 bits per heavy atom. The van der Waals surface area contributed by atoms with Gasteiger partial charge >= 0.3 is 0 Å². The van der Waals surface area contributed by atoms with Crippen molar-refractivity contribution in [1.82, 2.24) is 5.32 Å². The molecule has 4 nitrogen and oxygen atoms in total. The van der Waals surface area contributed by atoms with Crippen molar-refractivity contribution in [1.29, 1.82) is 0 Å². The molecule has 0 bridgehead atoms. The number of hydrogen-bond acceptors (Lipinski definition) is 2. The summed E-state index contributed by atoms with van der Waals surface area (Å²) in [7, 11) is 0. The van der Waals surface area contributed by atoms with Gasteiger partial charge in [-0.15, -0.1) is 0 Å². The standard InChI is InChI=1S/C17H24N2O2/c1-11-6-12(2)8-14(7-11)19-10-13(9-15(19)20)16(21)18-17(3,4)5/h6-8,13H,9-10H2,1-5H3,(H,18,21)/t13-/m0/s1. The molecule has 21 heavy (non-hydrogen) atoms. The van der Waals surface area contributed by atoms with Gasteiger partial charge in [-0.25, -0.2) is 0 Å². The molecule has 1 aliphatic rings. The van der Waals surface area contributed by atoms with Gasteiger partial charge in [-0.3, -0.25) is 9.59 Å². The lowest BCUT2D eigenvalue weighted by Gasteiger charge is -2.23. The first kappa shape index (κ1) is 15.5. The maximum Gasteiger partial charge on any atom is 0.227 e. The van der Waals surface area contributed by atoms with Gasteiger partial charge in [0.25, 0.3) is 0 Å². The average molecular weight is 288 g/mol. The fraction of sp³-hybridized carbons (Fsp3) is 0.529. The number of rotatable bonds is 2. The number of benzene rings is 1. The van der Waals surface area contributed by atoms with Crippen LogP contribution in [0.25, 0.3) is 0 Å². The number of aryl methyl sites for hydroxylation is 2. The second-order valence-corrected chi connectivity index (χ2v) is 6.99. The van der Waals surface area contributed by atoms with Gasteiger partial charge in [0.15, 0.2) is 0 Å². The third-order valence-corrected chi connectivity index (χ3v) is 3.51. The first-order valence-corrected chi connectivity index (χ1v) is 7.36. The van der Waals surface area contributed by atoms with Crippen molar-refractivity contribution in [3.8, 4) is 0 Å². The summed E-state index contributed by atoms with van der Waals surface area (Å²) in [5.74, 6) is -0.283. The largest absolute Gasteiger partial charge is 0.351 e. The Labute approximate surface area is 126 Å². The zero-order valence-corrected chi connectivity index (χ0v) is 13.5. The van der Waals surface area contributed by atoms with Crippen LogP contribution in [0.15, 0.2) is 18.2 Å². The highest BCUT2D eigenvalue weighted by atomic mass is 16.2. The third-order valence-electron chi connectivity index (χ3n) is 3.51. The van der Waals surface area contributed by atoms with Crippen LogP contribution in [0, 0.1) is 19.8 Å². The van der Waals surface area contributed by atoms with E-state index in [0.717, 1.165) is 16.8 Å². The van der Waals surface area contributed by atoms with Crippen molar-refractivity contribution >= 4 is 17.5 Å². The third kappa shape index (κ3) is 3.84. The molecule has 0 radical (unpaired) electrons. The molecular formula is C17H24N2O2. The molecule has 1 fully saturated rings. The van der Waals surface area contributed by atoms with Gasteiger partial charge in [-0.1, -0.05) is 6.07 Å². The zero-order chi connectivity index (χ0) is 15.8. The molecule has 2 rings (SSSR count). The second-order valence-electron chi connectivity index (χ2n) is 6.99. The summed E-state index contributed by atoms with van der Waals surface area (Å²) in [6.45, 7) is 10.3. The lowest BCUT2D eigenvalue weighted by atomic mass is 10.0. The highest BCUT2D eigenvalue weighted by Gasteiger charge is 2.36. The minimum atomic E-state index is -0.270. The Morgan fingerprint density at radius 3 is 2.29 bits per heavy atom. The normalized spacial score (nSPS) is 19.0. The molecule has 1 heterocycles. The van der Waals surface area contributed by atoms with Crippen molar-refractivity contribution in [3.63, 3.8) is 0 Å². The van der Waals surface area contributed by atoms with Crippen LogP contribution in [0.5, 0.6) is 0 Å². The molecule has 1 aliphatic heterocycles. The van der Waals surface area contributed by atoms with E-state index in [1.165, 1.54) is 0 Å². The first-order valence-electron chi connectivity index (χ1n) is 7.36. The predicted octanol–water partition coefficient (Wildman–Crippen LogP) is 2.57. The summed E-state index contributed by atoms with van der Waals surface area (Å²) >= 11 is 0. The van der Waals surface area contributed by atoms with E-state index in [0.29, 0.717) is 6.54 Å². The monoisotopic (exact) mass is 288 g/mol. The van der Waals surface area contributed by atoms with E-state index in [4.69, 9.17) is 0 Å². The fourth-order valence-corrected chi connectivity index (χ4v) is 2.71. The van der Waals surface area contributed by atoms with Crippen LogP contribution in [0.1, 0.15) is 38.3 Å². The molecule has 0 aliphatic carbocycles. The number of carbonyl (C=O) groups excluding carboxylic acids is 2. The molecular weight excluding hydrogens is 264 g/mol. The van der Waals surface area contributed by atoms with E-state index in [2.05, 4.69) is 11.4 Å². The van der Waals surface area contributed by atoms with Crippen LogP contribution in [0.2, 0.25) is 0 Å². The highest BCUT2D eigenvalue weighted by Crippen LogP contribution is 2.27. The number of nitrogens with one attached hydrogen (secondary N) is 1. The van der Waals surface area contributed by atoms with Crippen LogP contribution < -0.4 is 10.2 Å². The fourth-order valence-electron chi connectivity index (χ4n) is 2.71. The molecule has 0 saturated carbocycles. The summed E-state index contributed by atoms with van der Waals surface area (Å²) in [5.41, 5.74) is 2.87. The van der Waals surface area contributed by atoms with E-state index < -0.39 is 0 Å². The zero-order valence-electron chi connectivity index (χ0n) is 13.5. The van der Waals surface area contributed by atoms with Crippen LogP contribution in [0.3, 0.4) is 0 Å². The minimum Gasteiger partial charge on any atom is -0.351 e. The lowest BCUT2D eigenvalue weighted by Crippen LogP contribution is -2.44. The van der Waals surface area contributed by atoms with Crippen molar-refractivity contribution < 1.29 is 9.59 Å². The molecule has 1 aromatic rings. The molecule has 114 valence electrons. The molecule has 0 unspecified atom stereocenters. The number of amides is 2. The van der Waals surface area contributed by atoms with Gasteiger partial charge in [-0.05, 0) is 57.9 Å². The Balaban J connectivity index is 2.14. The van der Waals surface area contributed by atoms with Gasteiger partial charge in [-0.2, -0.15) is 0 Å². The minimum absolute atomic E-state index is 0.0223. The van der Waals surface area contributed by atoms with E-state index in [1.807, 2.05) is 46.8 Å². The molecule has 0 spiro atoms.